The Morgan fingerprint density at radius 1 is 1.15 bits per heavy atom. The van der Waals surface area contributed by atoms with E-state index in [1.807, 2.05) is 60.0 Å². The number of hydrogen-bond donors (Lipinski definition) is 1. The number of carbonyl (C=O) groups excluding carboxylic acids is 1. The molecule has 2 aromatic carbocycles. The first-order valence-electron chi connectivity index (χ1n) is 8.27. The van der Waals surface area contributed by atoms with Gasteiger partial charge in [0.15, 0.2) is 5.16 Å². The molecule has 1 amide bonds. The van der Waals surface area contributed by atoms with Crippen LogP contribution in [0.5, 0.6) is 0 Å². The summed E-state index contributed by atoms with van der Waals surface area (Å²) in [6, 6.07) is 15.3. The molecule has 26 heavy (non-hydrogen) atoms. The number of carbonyl (C=O) groups is 1. The van der Waals surface area contributed by atoms with Crippen molar-refractivity contribution in [2.45, 2.75) is 25.4 Å². The zero-order valence-electron chi connectivity index (χ0n) is 14.6. The number of nitrogens with one attached hydrogen (secondary N) is 1. The van der Waals surface area contributed by atoms with E-state index in [9.17, 15) is 4.79 Å². The van der Waals surface area contributed by atoms with E-state index in [0.717, 1.165) is 29.2 Å². The molecule has 0 aliphatic heterocycles. The number of benzene rings is 2. The second-order valence-corrected chi connectivity index (χ2v) is 7.07. The Morgan fingerprint density at radius 3 is 2.62 bits per heavy atom. The third-order valence-corrected chi connectivity index (χ3v) is 5.07. The van der Waals surface area contributed by atoms with Gasteiger partial charge in [0.25, 0.3) is 0 Å². The fourth-order valence-electron chi connectivity index (χ4n) is 2.59. The third-order valence-electron chi connectivity index (χ3n) is 3.88. The Hall–Kier alpha value is -2.31. The number of nitrogens with zero attached hydrogens (tertiary/aromatic N) is 3. The molecule has 0 aliphatic carbocycles. The van der Waals surface area contributed by atoms with Crippen LogP contribution in [-0.2, 0) is 11.2 Å². The van der Waals surface area contributed by atoms with Crippen LogP contribution >= 0.6 is 23.4 Å². The lowest BCUT2D eigenvalue weighted by atomic mass is 10.1. The van der Waals surface area contributed by atoms with Crippen molar-refractivity contribution in [1.29, 1.82) is 0 Å². The standard InChI is InChI=1S/C19H19ClN4OS/c1-3-14-6-4-5-7-17(14)21-18(25)12-26-19-23-22-13(2)24(19)16-10-8-15(20)9-11-16/h4-11H,3,12H2,1-2H3,(H,21,25). The van der Waals surface area contributed by atoms with E-state index in [0.29, 0.717) is 10.2 Å². The van der Waals surface area contributed by atoms with Gasteiger partial charge in [-0.1, -0.05) is 48.5 Å². The average Bonchev–Trinajstić information content (AvgIpc) is 3.02. The quantitative estimate of drug-likeness (QED) is 0.632. The molecular weight excluding hydrogens is 368 g/mol. The van der Waals surface area contributed by atoms with Crippen molar-refractivity contribution < 1.29 is 4.79 Å². The van der Waals surface area contributed by atoms with E-state index in [1.165, 1.54) is 11.8 Å². The minimum Gasteiger partial charge on any atom is -0.325 e. The minimum absolute atomic E-state index is 0.0702. The highest BCUT2D eigenvalue weighted by atomic mass is 35.5. The van der Waals surface area contributed by atoms with Crippen molar-refractivity contribution in [1.82, 2.24) is 14.8 Å². The molecule has 0 spiro atoms. The molecule has 0 unspecified atom stereocenters. The first-order chi connectivity index (χ1) is 12.6. The molecule has 5 nitrogen and oxygen atoms in total. The predicted molar refractivity (Wildman–Crippen MR) is 106 cm³/mol. The Bertz CT molecular complexity index is 908. The van der Waals surface area contributed by atoms with E-state index in [2.05, 4.69) is 22.4 Å². The van der Waals surface area contributed by atoms with Gasteiger partial charge < -0.3 is 5.32 Å². The summed E-state index contributed by atoms with van der Waals surface area (Å²) in [5.41, 5.74) is 2.89. The Labute approximate surface area is 161 Å². The van der Waals surface area contributed by atoms with Crippen LogP contribution in [0, 0.1) is 6.92 Å². The van der Waals surface area contributed by atoms with Crippen LogP contribution in [-0.4, -0.2) is 26.4 Å². The van der Waals surface area contributed by atoms with Gasteiger partial charge in [-0.05, 0) is 49.2 Å². The normalized spacial score (nSPS) is 10.7. The lowest BCUT2D eigenvalue weighted by Gasteiger charge is -2.10. The smallest absolute Gasteiger partial charge is 0.234 e. The van der Waals surface area contributed by atoms with Crippen LogP contribution < -0.4 is 5.32 Å². The van der Waals surface area contributed by atoms with Gasteiger partial charge in [-0.3, -0.25) is 9.36 Å². The fourth-order valence-corrected chi connectivity index (χ4v) is 3.51. The summed E-state index contributed by atoms with van der Waals surface area (Å²) >= 11 is 7.31. The number of amides is 1. The minimum atomic E-state index is -0.0702. The third kappa shape index (κ3) is 4.26. The lowest BCUT2D eigenvalue weighted by Crippen LogP contribution is -2.15. The van der Waals surface area contributed by atoms with E-state index in [4.69, 9.17) is 11.6 Å². The zero-order chi connectivity index (χ0) is 18.5. The largest absolute Gasteiger partial charge is 0.325 e. The van der Waals surface area contributed by atoms with Gasteiger partial charge in [0.2, 0.25) is 5.91 Å². The van der Waals surface area contributed by atoms with E-state index < -0.39 is 0 Å². The summed E-state index contributed by atoms with van der Waals surface area (Å²) in [6.45, 7) is 3.94. The maximum absolute atomic E-state index is 12.3. The summed E-state index contributed by atoms with van der Waals surface area (Å²) in [7, 11) is 0. The molecule has 0 bridgehead atoms. The number of thioether (sulfide) groups is 1. The van der Waals surface area contributed by atoms with Crippen molar-refractivity contribution in [3.05, 3.63) is 64.9 Å². The number of hydrogen-bond acceptors (Lipinski definition) is 4. The summed E-state index contributed by atoms with van der Waals surface area (Å²) in [5, 5.41) is 12.6. The van der Waals surface area contributed by atoms with E-state index >= 15 is 0 Å². The van der Waals surface area contributed by atoms with E-state index in [-0.39, 0.29) is 11.7 Å². The molecule has 0 aliphatic rings. The van der Waals surface area contributed by atoms with Crippen molar-refractivity contribution in [2.75, 3.05) is 11.1 Å². The molecular formula is C19H19ClN4OS. The molecule has 1 aromatic heterocycles. The maximum Gasteiger partial charge on any atom is 0.234 e. The first kappa shape index (κ1) is 18.5. The zero-order valence-corrected chi connectivity index (χ0v) is 16.1. The molecule has 0 saturated carbocycles. The SMILES string of the molecule is CCc1ccccc1NC(=O)CSc1nnc(C)n1-c1ccc(Cl)cc1. The Morgan fingerprint density at radius 2 is 1.88 bits per heavy atom. The highest BCUT2D eigenvalue weighted by Crippen LogP contribution is 2.23. The van der Waals surface area contributed by atoms with Crippen LogP contribution in [0.4, 0.5) is 5.69 Å². The summed E-state index contributed by atoms with van der Waals surface area (Å²) in [4.78, 5) is 12.3. The van der Waals surface area contributed by atoms with Gasteiger partial charge in [0.1, 0.15) is 5.82 Å². The van der Waals surface area contributed by atoms with Gasteiger partial charge >= 0.3 is 0 Å². The van der Waals surface area contributed by atoms with Crippen LogP contribution in [0.25, 0.3) is 5.69 Å². The van der Waals surface area contributed by atoms with Crippen LogP contribution in [0.15, 0.2) is 53.7 Å². The van der Waals surface area contributed by atoms with Crippen molar-refractivity contribution >= 4 is 35.0 Å². The molecule has 0 atom stereocenters. The molecule has 7 heteroatoms. The summed E-state index contributed by atoms with van der Waals surface area (Å²) in [5.74, 6) is 0.940. The van der Waals surface area contributed by atoms with Crippen molar-refractivity contribution in [3.8, 4) is 5.69 Å². The van der Waals surface area contributed by atoms with Gasteiger partial charge in [-0.2, -0.15) is 0 Å². The molecule has 1 N–H and O–H groups in total. The molecule has 0 fully saturated rings. The topological polar surface area (TPSA) is 59.8 Å². The van der Waals surface area contributed by atoms with Crippen LogP contribution in [0.3, 0.4) is 0 Å². The summed E-state index contributed by atoms with van der Waals surface area (Å²) in [6.07, 6.45) is 0.869. The van der Waals surface area contributed by atoms with Crippen molar-refractivity contribution in [3.63, 3.8) is 0 Å². The Kier molecular flexibility index (Phi) is 5.96. The van der Waals surface area contributed by atoms with Gasteiger partial charge in [-0.15, -0.1) is 10.2 Å². The highest BCUT2D eigenvalue weighted by molar-refractivity contribution is 7.99. The van der Waals surface area contributed by atoms with Crippen LogP contribution in [0.2, 0.25) is 5.02 Å². The molecule has 1 heterocycles. The van der Waals surface area contributed by atoms with Gasteiger partial charge in [-0.25, -0.2) is 0 Å². The second kappa shape index (κ2) is 8.38. The lowest BCUT2D eigenvalue weighted by molar-refractivity contribution is -0.113. The van der Waals surface area contributed by atoms with Gasteiger partial charge in [0, 0.05) is 16.4 Å². The molecule has 3 aromatic rings. The molecule has 134 valence electrons. The maximum atomic E-state index is 12.3. The number of rotatable bonds is 6. The predicted octanol–water partition coefficient (Wildman–Crippen LogP) is 4.52. The molecule has 0 radical (unpaired) electrons. The van der Waals surface area contributed by atoms with Crippen molar-refractivity contribution in [2.24, 2.45) is 0 Å². The monoisotopic (exact) mass is 386 g/mol. The molecule has 3 rings (SSSR count). The Balaban J connectivity index is 1.70. The number of aromatic nitrogens is 3. The number of anilines is 1. The second-order valence-electron chi connectivity index (χ2n) is 5.69. The van der Waals surface area contributed by atoms with Crippen LogP contribution in [0.1, 0.15) is 18.3 Å². The van der Waals surface area contributed by atoms with Gasteiger partial charge in [0.05, 0.1) is 5.75 Å². The highest BCUT2D eigenvalue weighted by Gasteiger charge is 2.14. The first-order valence-corrected chi connectivity index (χ1v) is 9.63. The number of aryl methyl sites for hydroxylation is 2. The average molecular weight is 387 g/mol. The summed E-state index contributed by atoms with van der Waals surface area (Å²) < 4.78 is 1.91. The fraction of sp³-hybridized carbons (Fsp3) is 0.211. The van der Waals surface area contributed by atoms with E-state index in [1.54, 1.807) is 0 Å². The molecule has 0 saturated heterocycles. The number of halogens is 1. The number of para-hydroxylation sites is 1.